The zero-order chi connectivity index (χ0) is 17.5. The van der Waals surface area contributed by atoms with Crippen LogP contribution in [-0.4, -0.2) is 23.6 Å². The van der Waals surface area contributed by atoms with Crippen LogP contribution in [0.15, 0.2) is 60.8 Å². The van der Waals surface area contributed by atoms with Crippen LogP contribution >= 0.6 is 0 Å². The number of carbonyl (C=O) groups is 1. The van der Waals surface area contributed by atoms with Crippen molar-refractivity contribution in [3.05, 3.63) is 71.9 Å². The van der Waals surface area contributed by atoms with Crippen molar-refractivity contribution in [2.24, 2.45) is 0 Å². The molecule has 1 atom stereocenters. The molecule has 1 unspecified atom stereocenters. The van der Waals surface area contributed by atoms with Gasteiger partial charge in [0.1, 0.15) is 0 Å². The predicted molar refractivity (Wildman–Crippen MR) is 103 cm³/mol. The van der Waals surface area contributed by atoms with Crippen molar-refractivity contribution < 1.29 is 4.79 Å². The molecule has 0 aliphatic rings. The summed E-state index contributed by atoms with van der Waals surface area (Å²) in [5.41, 5.74) is 3.67. The van der Waals surface area contributed by atoms with Crippen molar-refractivity contribution in [3.63, 3.8) is 0 Å². The second kappa shape index (κ2) is 8.38. The van der Waals surface area contributed by atoms with Gasteiger partial charge >= 0.3 is 6.03 Å². The van der Waals surface area contributed by atoms with Gasteiger partial charge in [0.25, 0.3) is 0 Å². The van der Waals surface area contributed by atoms with E-state index in [-0.39, 0.29) is 12.1 Å². The van der Waals surface area contributed by atoms with Crippen LogP contribution < -0.4 is 10.6 Å². The molecule has 3 N–H and O–H groups in total. The van der Waals surface area contributed by atoms with Crippen LogP contribution in [0.5, 0.6) is 0 Å². The van der Waals surface area contributed by atoms with Gasteiger partial charge in [0.05, 0.1) is 0 Å². The summed E-state index contributed by atoms with van der Waals surface area (Å²) in [6.45, 7) is 2.67. The standard InChI is InChI=1S/C21H25N3O/c1-16(11-12-17-7-3-2-4-8-17)24-21(25)22-14-13-18-15-23-20-10-6-5-9-19(18)20/h2-10,15-16,23H,11-14H2,1H3,(H2,22,24,25). The zero-order valence-corrected chi connectivity index (χ0v) is 14.6. The van der Waals surface area contributed by atoms with E-state index in [1.807, 2.05) is 43.5 Å². The number of hydrogen-bond acceptors (Lipinski definition) is 1. The summed E-state index contributed by atoms with van der Waals surface area (Å²) in [4.78, 5) is 15.3. The molecular formula is C21H25N3O. The van der Waals surface area contributed by atoms with Crippen LogP contribution in [0, 0.1) is 0 Å². The van der Waals surface area contributed by atoms with E-state index in [0.29, 0.717) is 6.54 Å². The third-order valence-corrected chi connectivity index (χ3v) is 4.44. The van der Waals surface area contributed by atoms with E-state index in [1.165, 1.54) is 16.5 Å². The zero-order valence-electron chi connectivity index (χ0n) is 14.6. The Balaban J connectivity index is 1.39. The van der Waals surface area contributed by atoms with Crippen LogP contribution in [0.25, 0.3) is 10.9 Å². The fourth-order valence-electron chi connectivity index (χ4n) is 3.02. The minimum Gasteiger partial charge on any atom is -0.361 e. The highest BCUT2D eigenvalue weighted by Gasteiger charge is 2.08. The summed E-state index contributed by atoms with van der Waals surface area (Å²) in [6.07, 6.45) is 4.74. The summed E-state index contributed by atoms with van der Waals surface area (Å²) in [7, 11) is 0. The Labute approximate surface area is 148 Å². The smallest absolute Gasteiger partial charge is 0.315 e. The Morgan fingerprint density at radius 2 is 1.80 bits per heavy atom. The number of benzene rings is 2. The van der Waals surface area contributed by atoms with Crippen molar-refractivity contribution in [1.82, 2.24) is 15.6 Å². The molecule has 0 radical (unpaired) electrons. The second-order valence-corrected chi connectivity index (χ2v) is 6.44. The quantitative estimate of drug-likeness (QED) is 0.600. The van der Waals surface area contributed by atoms with Gasteiger partial charge in [0.2, 0.25) is 0 Å². The molecule has 0 saturated carbocycles. The van der Waals surface area contributed by atoms with Crippen molar-refractivity contribution in [2.75, 3.05) is 6.54 Å². The van der Waals surface area contributed by atoms with Gasteiger partial charge in [-0.05, 0) is 43.4 Å². The number of fused-ring (bicyclic) bond motifs is 1. The lowest BCUT2D eigenvalue weighted by Gasteiger charge is -2.14. The Morgan fingerprint density at radius 1 is 1.04 bits per heavy atom. The highest BCUT2D eigenvalue weighted by atomic mass is 16.2. The van der Waals surface area contributed by atoms with E-state index in [2.05, 4.69) is 39.9 Å². The number of aryl methyl sites for hydroxylation is 1. The van der Waals surface area contributed by atoms with Crippen molar-refractivity contribution in [1.29, 1.82) is 0 Å². The van der Waals surface area contributed by atoms with Crippen molar-refractivity contribution in [3.8, 4) is 0 Å². The summed E-state index contributed by atoms with van der Waals surface area (Å²) >= 11 is 0. The Bertz CT molecular complexity index is 810. The van der Waals surface area contributed by atoms with Gasteiger partial charge in [-0.3, -0.25) is 0 Å². The molecule has 0 aliphatic carbocycles. The summed E-state index contributed by atoms with van der Waals surface area (Å²) in [5, 5.41) is 7.18. The molecule has 1 heterocycles. The van der Waals surface area contributed by atoms with E-state index in [0.717, 1.165) is 24.8 Å². The molecule has 0 saturated heterocycles. The molecule has 25 heavy (non-hydrogen) atoms. The van der Waals surface area contributed by atoms with E-state index < -0.39 is 0 Å². The first-order chi connectivity index (χ1) is 12.2. The van der Waals surface area contributed by atoms with Gasteiger partial charge in [0, 0.05) is 29.7 Å². The number of urea groups is 1. The third kappa shape index (κ3) is 4.86. The number of rotatable bonds is 7. The van der Waals surface area contributed by atoms with Crippen molar-refractivity contribution in [2.45, 2.75) is 32.2 Å². The number of hydrogen-bond donors (Lipinski definition) is 3. The van der Waals surface area contributed by atoms with Crippen LogP contribution in [0.3, 0.4) is 0 Å². The molecule has 3 rings (SSSR count). The lowest BCUT2D eigenvalue weighted by Crippen LogP contribution is -2.41. The van der Waals surface area contributed by atoms with Crippen LogP contribution in [0.2, 0.25) is 0 Å². The number of aromatic nitrogens is 1. The molecule has 2 amide bonds. The molecule has 0 fully saturated rings. The normalized spacial score (nSPS) is 12.0. The molecular weight excluding hydrogens is 310 g/mol. The molecule has 4 heteroatoms. The highest BCUT2D eigenvalue weighted by Crippen LogP contribution is 2.17. The van der Waals surface area contributed by atoms with Gasteiger partial charge in [-0.2, -0.15) is 0 Å². The number of amides is 2. The number of nitrogens with one attached hydrogen (secondary N) is 3. The number of H-pyrrole nitrogens is 1. The second-order valence-electron chi connectivity index (χ2n) is 6.44. The molecule has 0 bridgehead atoms. The monoisotopic (exact) mass is 335 g/mol. The topological polar surface area (TPSA) is 56.9 Å². The summed E-state index contributed by atoms with van der Waals surface area (Å²) in [5.74, 6) is 0. The van der Waals surface area contributed by atoms with Gasteiger partial charge in [-0.25, -0.2) is 4.79 Å². The Morgan fingerprint density at radius 3 is 2.64 bits per heavy atom. The molecule has 3 aromatic rings. The first kappa shape index (κ1) is 17.1. The molecule has 2 aromatic carbocycles. The average molecular weight is 335 g/mol. The summed E-state index contributed by atoms with van der Waals surface area (Å²) < 4.78 is 0. The Kier molecular flexibility index (Phi) is 5.73. The van der Waals surface area contributed by atoms with Crippen LogP contribution in [-0.2, 0) is 12.8 Å². The first-order valence-electron chi connectivity index (χ1n) is 8.85. The first-order valence-corrected chi connectivity index (χ1v) is 8.85. The fraction of sp³-hybridized carbons (Fsp3) is 0.286. The number of para-hydroxylation sites is 1. The van der Waals surface area contributed by atoms with E-state index in [4.69, 9.17) is 0 Å². The lowest BCUT2D eigenvalue weighted by molar-refractivity contribution is 0.237. The minimum atomic E-state index is -0.0968. The van der Waals surface area contributed by atoms with E-state index in [9.17, 15) is 4.79 Å². The molecule has 130 valence electrons. The number of carbonyl (C=O) groups excluding carboxylic acids is 1. The van der Waals surface area contributed by atoms with Gasteiger partial charge in [0.15, 0.2) is 0 Å². The maximum Gasteiger partial charge on any atom is 0.315 e. The molecule has 0 aliphatic heterocycles. The minimum absolute atomic E-state index is 0.0968. The lowest BCUT2D eigenvalue weighted by atomic mass is 10.1. The van der Waals surface area contributed by atoms with Crippen LogP contribution in [0.4, 0.5) is 4.79 Å². The summed E-state index contributed by atoms with van der Waals surface area (Å²) in [6, 6.07) is 18.6. The molecule has 4 nitrogen and oxygen atoms in total. The van der Waals surface area contributed by atoms with Crippen molar-refractivity contribution >= 4 is 16.9 Å². The number of aromatic amines is 1. The predicted octanol–water partition coefficient (Wildman–Crippen LogP) is 4.03. The average Bonchev–Trinajstić information content (AvgIpc) is 3.04. The van der Waals surface area contributed by atoms with Gasteiger partial charge in [-0.15, -0.1) is 0 Å². The van der Waals surface area contributed by atoms with E-state index >= 15 is 0 Å². The maximum atomic E-state index is 12.0. The largest absolute Gasteiger partial charge is 0.361 e. The van der Waals surface area contributed by atoms with Gasteiger partial charge in [-0.1, -0.05) is 48.5 Å². The highest BCUT2D eigenvalue weighted by molar-refractivity contribution is 5.83. The SMILES string of the molecule is CC(CCc1ccccc1)NC(=O)NCCc1c[nH]c2ccccc12. The van der Waals surface area contributed by atoms with E-state index in [1.54, 1.807) is 0 Å². The molecule has 1 aromatic heterocycles. The molecule has 0 spiro atoms. The Hall–Kier alpha value is -2.75. The fourth-order valence-corrected chi connectivity index (χ4v) is 3.02. The van der Waals surface area contributed by atoms with Gasteiger partial charge < -0.3 is 15.6 Å². The van der Waals surface area contributed by atoms with Crippen LogP contribution in [0.1, 0.15) is 24.5 Å². The maximum absolute atomic E-state index is 12.0. The third-order valence-electron chi connectivity index (χ3n) is 4.44.